The lowest BCUT2D eigenvalue weighted by Gasteiger charge is -2.39. The molecule has 0 saturated carbocycles. The van der Waals surface area contributed by atoms with Crippen molar-refractivity contribution in [3.63, 3.8) is 0 Å². The third-order valence-electron chi connectivity index (χ3n) is 4.48. The van der Waals surface area contributed by atoms with Crippen molar-refractivity contribution < 1.29 is 14.3 Å². The highest BCUT2D eigenvalue weighted by Gasteiger charge is 2.36. The van der Waals surface area contributed by atoms with Crippen LogP contribution in [0.2, 0.25) is 5.02 Å². The zero-order valence-electron chi connectivity index (χ0n) is 14.8. The molecule has 0 radical (unpaired) electrons. The Hall–Kier alpha value is -2.53. The molecule has 136 valence electrons. The number of carbonyl (C=O) groups is 2. The van der Waals surface area contributed by atoms with E-state index in [1.54, 1.807) is 41.0 Å². The molecule has 2 amide bonds. The van der Waals surface area contributed by atoms with E-state index in [1.807, 2.05) is 31.2 Å². The van der Waals surface area contributed by atoms with Crippen LogP contribution in [-0.2, 0) is 4.79 Å². The van der Waals surface area contributed by atoms with Crippen LogP contribution >= 0.6 is 11.6 Å². The van der Waals surface area contributed by atoms with Crippen molar-refractivity contribution >= 4 is 29.1 Å². The molecule has 26 heavy (non-hydrogen) atoms. The Labute approximate surface area is 158 Å². The number of hydrogen-bond acceptors (Lipinski definition) is 3. The molecule has 0 bridgehead atoms. The Bertz CT molecular complexity index is 824. The molecule has 6 heteroatoms. The minimum atomic E-state index is -0.581. The van der Waals surface area contributed by atoms with Crippen molar-refractivity contribution in [3.05, 3.63) is 59.1 Å². The van der Waals surface area contributed by atoms with Gasteiger partial charge in [0.15, 0.2) is 0 Å². The van der Waals surface area contributed by atoms with Gasteiger partial charge in [-0.1, -0.05) is 35.9 Å². The first-order chi connectivity index (χ1) is 12.5. The van der Waals surface area contributed by atoms with E-state index in [2.05, 4.69) is 0 Å². The summed E-state index contributed by atoms with van der Waals surface area (Å²) in [7, 11) is 0. The van der Waals surface area contributed by atoms with Crippen molar-refractivity contribution in [2.75, 3.05) is 24.6 Å². The van der Waals surface area contributed by atoms with Gasteiger partial charge < -0.3 is 14.5 Å². The number of ether oxygens (including phenoxy) is 1. The first-order valence-electron chi connectivity index (χ1n) is 8.63. The molecular weight excluding hydrogens is 352 g/mol. The fourth-order valence-electron chi connectivity index (χ4n) is 3.13. The highest BCUT2D eigenvalue weighted by Crippen LogP contribution is 2.31. The summed E-state index contributed by atoms with van der Waals surface area (Å²) < 4.78 is 5.64. The zero-order valence-corrected chi connectivity index (χ0v) is 15.6. The Morgan fingerprint density at radius 3 is 2.58 bits per heavy atom. The van der Waals surface area contributed by atoms with E-state index in [4.69, 9.17) is 16.3 Å². The number of carbonyl (C=O) groups excluding carboxylic acids is 2. The second kappa shape index (κ2) is 7.79. The molecular formula is C20H21ClN2O3. The van der Waals surface area contributed by atoms with Crippen LogP contribution in [0.4, 0.5) is 5.69 Å². The fourth-order valence-corrected chi connectivity index (χ4v) is 3.35. The van der Waals surface area contributed by atoms with Crippen molar-refractivity contribution in [3.8, 4) is 5.75 Å². The maximum Gasteiger partial charge on any atom is 0.256 e. The van der Waals surface area contributed by atoms with E-state index in [9.17, 15) is 9.59 Å². The van der Waals surface area contributed by atoms with Crippen molar-refractivity contribution in [1.82, 2.24) is 4.90 Å². The molecule has 2 aromatic carbocycles. The molecule has 1 heterocycles. The van der Waals surface area contributed by atoms with Gasteiger partial charge in [-0.3, -0.25) is 9.59 Å². The molecule has 1 aliphatic heterocycles. The molecule has 1 aliphatic rings. The quantitative estimate of drug-likeness (QED) is 0.823. The van der Waals surface area contributed by atoms with E-state index in [0.29, 0.717) is 36.0 Å². The molecule has 0 N–H and O–H groups in total. The molecule has 1 atom stereocenters. The lowest BCUT2D eigenvalue weighted by Crippen LogP contribution is -2.57. The molecule has 3 rings (SSSR count). The average Bonchev–Trinajstić information content (AvgIpc) is 2.65. The first-order valence-corrected chi connectivity index (χ1v) is 9.01. The molecule has 5 nitrogen and oxygen atoms in total. The Kier molecular flexibility index (Phi) is 5.47. The number of anilines is 1. The minimum Gasteiger partial charge on any atom is -0.492 e. The maximum absolute atomic E-state index is 13.0. The standard InChI is InChI=1S/C20H21ClN2O3/c1-3-26-18-11-7-6-10-17(18)23-13-12-22(14(2)19(23)24)20(25)15-8-4-5-9-16(15)21/h4-11,14H,3,12-13H2,1-2H3. The van der Waals surface area contributed by atoms with Crippen molar-refractivity contribution in [1.29, 1.82) is 0 Å². The van der Waals surface area contributed by atoms with Crippen LogP contribution in [0.1, 0.15) is 24.2 Å². The van der Waals surface area contributed by atoms with Crippen LogP contribution in [0, 0.1) is 0 Å². The minimum absolute atomic E-state index is 0.135. The van der Waals surface area contributed by atoms with Crippen LogP contribution in [0.15, 0.2) is 48.5 Å². The molecule has 0 aliphatic carbocycles. The molecule has 0 spiro atoms. The summed E-state index contributed by atoms with van der Waals surface area (Å²) in [5, 5.41) is 0.390. The monoisotopic (exact) mass is 372 g/mol. The summed E-state index contributed by atoms with van der Waals surface area (Å²) in [4.78, 5) is 29.1. The van der Waals surface area contributed by atoms with Gasteiger partial charge in [-0.2, -0.15) is 0 Å². The lowest BCUT2D eigenvalue weighted by atomic mass is 10.1. The third kappa shape index (κ3) is 3.40. The zero-order chi connectivity index (χ0) is 18.7. The Balaban J connectivity index is 1.84. The third-order valence-corrected chi connectivity index (χ3v) is 4.81. The highest BCUT2D eigenvalue weighted by molar-refractivity contribution is 6.33. The first kappa shape index (κ1) is 18.3. The van der Waals surface area contributed by atoms with E-state index in [-0.39, 0.29) is 11.8 Å². The second-order valence-electron chi connectivity index (χ2n) is 6.04. The SMILES string of the molecule is CCOc1ccccc1N1CCN(C(=O)c2ccccc2Cl)C(C)C1=O. The van der Waals surface area contributed by atoms with Gasteiger partial charge in [0.1, 0.15) is 11.8 Å². The summed E-state index contributed by atoms with van der Waals surface area (Å²) in [5.74, 6) is 0.305. The number of benzene rings is 2. The van der Waals surface area contributed by atoms with Crippen LogP contribution in [0.25, 0.3) is 0 Å². The second-order valence-corrected chi connectivity index (χ2v) is 6.45. The van der Waals surface area contributed by atoms with Crippen LogP contribution in [0.3, 0.4) is 0 Å². The number of rotatable bonds is 4. The Morgan fingerprint density at radius 2 is 1.85 bits per heavy atom. The van der Waals surface area contributed by atoms with Gasteiger partial charge >= 0.3 is 0 Å². The fraction of sp³-hybridized carbons (Fsp3) is 0.300. The molecule has 0 aromatic heterocycles. The van der Waals surface area contributed by atoms with Gasteiger partial charge in [0.2, 0.25) is 5.91 Å². The molecule has 1 unspecified atom stereocenters. The number of amides is 2. The lowest BCUT2D eigenvalue weighted by molar-refractivity contribution is -0.124. The molecule has 2 aromatic rings. The predicted octanol–water partition coefficient (Wildman–Crippen LogP) is 3.62. The largest absolute Gasteiger partial charge is 0.492 e. The smallest absolute Gasteiger partial charge is 0.256 e. The van der Waals surface area contributed by atoms with E-state index < -0.39 is 6.04 Å². The number of para-hydroxylation sites is 2. The topological polar surface area (TPSA) is 49.9 Å². The van der Waals surface area contributed by atoms with E-state index >= 15 is 0 Å². The number of hydrogen-bond donors (Lipinski definition) is 0. The molecule has 1 saturated heterocycles. The molecule has 1 fully saturated rings. The summed E-state index contributed by atoms with van der Waals surface area (Å²) >= 11 is 6.14. The van der Waals surface area contributed by atoms with Crippen LogP contribution in [0.5, 0.6) is 5.75 Å². The number of piperazine rings is 1. The average molecular weight is 373 g/mol. The van der Waals surface area contributed by atoms with Gasteiger partial charge in [-0.15, -0.1) is 0 Å². The van der Waals surface area contributed by atoms with Gasteiger partial charge in [-0.25, -0.2) is 0 Å². The summed E-state index contributed by atoms with van der Waals surface area (Å²) in [6.07, 6.45) is 0. The van der Waals surface area contributed by atoms with Gasteiger partial charge in [0, 0.05) is 13.1 Å². The van der Waals surface area contributed by atoms with Crippen molar-refractivity contribution in [2.45, 2.75) is 19.9 Å². The normalized spacial score (nSPS) is 17.3. The summed E-state index contributed by atoms with van der Waals surface area (Å²) in [6.45, 7) is 5.00. The van der Waals surface area contributed by atoms with E-state index in [1.165, 1.54) is 0 Å². The highest BCUT2D eigenvalue weighted by atomic mass is 35.5. The maximum atomic E-state index is 13.0. The van der Waals surface area contributed by atoms with Crippen LogP contribution < -0.4 is 9.64 Å². The van der Waals surface area contributed by atoms with Crippen LogP contribution in [-0.4, -0.2) is 42.5 Å². The van der Waals surface area contributed by atoms with Crippen molar-refractivity contribution in [2.24, 2.45) is 0 Å². The summed E-state index contributed by atoms with van der Waals surface area (Å²) in [5.41, 5.74) is 1.15. The predicted molar refractivity (Wildman–Crippen MR) is 102 cm³/mol. The summed E-state index contributed by atoms with van der Waals surface area (Å²) in [6, 6.07) is 13.8. The van der Waals surface area contributed by atoms with E-state index in [0.717, 1.165) is 5.69 Å². The van der Waals surface area contributed by atoms with Gasteiger partial charge in [-0.05, 0) is 38.1 Å². The number of nitrogens with zero attached hydrogens (tertiary/aromatic N) is 2. The van der Waals surface area contributed by atoms with Gasteiger partial charge in [0.05, 0.1) is 22.9 Å². The Morgan fingerprint density at radius 1 is 1.15 bits per heavy atom. The van der Waals surface area contributed by atoms with Gasteiger partial charge in [0.25, 0.3) is 5.91 Å². The number of halogens is 1.